The van der Waals surface area contributed by atoms with Gasteiger partial charge in [0.15, 0.2) is 0 Å². The van der Waals surface area contributed by atoms with Crippen molar-refractivity contribution in [3.8, 4) is 0 Å². The second kappa shape index (κ2) is 8.24. The van der Waals surface area contributed by atoms with E-state index in [0.29, 0.717) is 30.6 Å². The highest BCUT2D eigenvalue weighted by Gasteiger charge is 2.09. The van der Waals surface area contributed by atoms with Crippen LogP contribution in [0, 0.1) is 6.92 Å². The van der Waals surface area contributed by atoms with Gasteiger partial charge >= 0.3 is 0 Å². The third-order valence-electron chi connectivity index (χ3n) is 3.10. The molecule has 120 valence electrons. The Bertz CT molecular complexity index is 689. The number of rotatable bonds is 6. The highest BCUT2D eigenvalue weighted by Crippen LogP contribution is 2.10. The monoisotopic (exact) mass is 332 g/mol. The summed E-state index contributed by atoms with van der Waals surface area (Å²) in [7, 11) is 0. The number of halogens is 1. The van der Waals surface area contributed by atoms with Crippen LogP contribution >= 0.6 is 11.6 Å². The van der Waals surface area contributed by atoms with Gasteiger partial charge in [0.25, 0.3) is 11.8 Å². The summed E-state index contributed by atoms with van der Waals surface area (Å²) in [5, 5.41) is 5.68. The first-order valence-electron chi connectivity index (χ1n) is 7.17. The topological polar surface area (TPSA) is 84.0 Å². The predicted octanol–water partition coefficient (Wildman–Crippen LogP) is 1.99. The molecule has 0 aliphatic rings. The van der Waals surface area contributed by atoms with Crippen LogP contribution in [0.2, 0.25) is 5.15 Å². The van der Waals surface area contributed by atoms with Crippen molar-refractivity contribution < 1.29 is 9.59 Å². The van der Waals surface area contributed by atoms with Crippen molar-refractivity contribution in [3.05, 3.63) is 58.6 Å². The van der Waals surface area contributed by atoms with Gasteiger partial charge in [0.05, 0.1) is 11.1 Å². The largest absolute Gasteiger partial charge is 0.352 e. The predicted molar refractivity (Wildman–Crippen MR) is 87.5 cm³/mol. The van der Waals surface area contributed by atoms with Crippen molar-refractivity contribution in [2.24, 2.45) is 0 Å². The second-order valence-corrected chi connectivity index (χ2v) is 5.25. The van der Waals surface area contributed by atoms with Gasteiger partial charge in [-0.2, -0.15) is 0 Å². The van der Waals surface area contributed by atoms with E-state index in [4.69, 9.17) is 11.6 Å². The van der Waals surface area contributed by atoms with Crippen LogP contribution < -0.4 is 10.6 Å². The molecule has 0 unspecified atom stereocenters. The summed E-state index contributed by atoms with van der Waals surface area (Å²) in [6, 6.07) is 6.77. The molecule has 0 spiro atoms. The van der Waals surface area contributed by atoms with Crippen LogP contribution in [0.1, 0.15) is 32.8 Å². The Labute approximate surface area is 139 Å². The number of pyridine rings is 2. The third-order valence-corrected chi connectivity index (χ3v) is 3.40. The summed E-state index contributed by atoms with van der Waals surface area (Å²) in [6.45, 7) is 2.74. The van der Waals surface area contributed by atoms with Crippen LogP contribution in [0.3, 0.4) is 0 Å². The number of amides is 2. The SMILES string of the molecule is Cc1ccc(C(=O)NCCCNC(=O)c2cccnc2Cl)cn1. The van der Waals surface area contributed by atoms with Crippen molar-refractivity contribution in [1.82, 2.24) is 20.6 Å². The molecule has 2 aromatic heterocycles. The zero-order chi connectivity index (χ0) is 16.7. The van der Waals surface area contributed by atoms with Crippen LogP contribution in [0.15, 0.2) is 36.7 Å². The first-order valence-corrected chi connectivity index (χ1v) is 7.55. The van der Waals surface area contributed by atoms with E-state index in [2.05, 4.69) is 20.6 Å². The van der Waals surface area contributed by atoms with Crippen LogP contribution in [0.4, 0.5) is 0 Å². The van der Waals surface area contributed by atoms with Gasteiger partial charge in [-0.05, 0) is 37.6 Å². The molecule has 0 saturated carbocycles. The molecule has 2 N–H and O–H groups in total. The zero-order valence-corrected chi connectivity index (χ0v) is 13.4. The summed E-state index contributed by atoms with van der Waals surface area (Å²) in [5.41, 5.74) is 1.71. The first kappa shape index (κ1) is 16.9. The molecule has 0 aliphatic carbocycles. The van der Waals surface area contributed by atoms with Crippen LogP contribution in [0.5, 0.6) is 0 Å². The van der Waals surface area contributed by atoms with Crippen molar-refractivity contribution in [2.45, 2.75) is 13.3 Å². The second-order valence-electron chi connectivity index (χ2n) is 4.90. The normalized spacial score (nSPS) is 10.2. The lowest BCUT2D eigenvalue weighted by atomic mass is 10.2. The summed E-state index contributed by atoms with van der Waals surface area (Å²) < 4.78 is 0. The van der Waals surface area contributed by atoms with E-state index in [0.717, 1.165) is 5.69 Å². The van der Waals surface area contributed by atoms with Gasteiger partial charge in [-0.15, -0.1) is 0 Å². The molecule has 2 amide bonds. The van der Waals surface area contributed by atoms with Crippen molar-refractivity contribution >= 4 is 23.4 Å². The highest BCUT2D eigenvalue weighted by atomic mass is 35.5. The smallest absolute Gasteiger partial charge is 0.254 e. The molecule has 0 atom stereocenters. The highest BCUT2D eigenvalue weighted by molar-refractivity contribution is 6.32. The number of carbonyl (C=O) groups is 2. The fourth-order valence-electron chi connectivity index (χ4n) is 1.85. The summed E-state index contributed by atoms with van der Waals surface area (Å²) >= 11 is 5.84. The number of hydrogen-bond acceptors (Lipinski definition) is 4. The maximum atomic E-state index is 11.9. The van der Waals surface area contributed by atoms with E-state index >= 15 is 0 Å². The zero-order valence-electron chi connectivity index (χ0n) is 12.7. The Hall–Kier alpha value is -2.47. The number of carbonyl (C=O) groups excluding carboxylic acids is 2. The van der Waals surface area contributed by atoms with Crippen LogP contribution in [-0.4, -0.2) is 34.9 Å². The lowest BCUT2D eigenvalue weighted by Gasteiger charge is -2.07. The Morgan fingerprint density at radius 3 is 2.48 bits per heavy atom. The van der Waals surface area contributed by atoms with E-state index in [1.54, 1.807) is 24.3 Å². The van der Waals surface area contributed by atoms with Crippen molar-refractivity contribution in [2.75, 3.05) is 13.1 Å². The number of nitrogens with zero attached hydrogens (tertiary/aromatic N) is 2. The van der Waals surface area contributed by atoms with Gasteiger partial charge in [0, 0.05) is 31.2 Å². The third kappa shape index (κ3) is 5.03. The van der Waals surface area contributed by atoms with E-state index in [1.807, 2.05) is 6.92 Å². The van der Waals surface area contributed by atoms with E-state index in [9.17, 15) is 9.59 Å². The minimum absolute atomic E-state index is 0.171. The molecule has 0 radical (unpaired) electrons. The quantitative estimate of drug-likeness (QED) is 0.626. The van der Waals surface area contributed by atoms with Crippen LogP contribution in [-0.2, 0) is 0 Å². The van der Waals surface area contributed by atoms with E-state index in [-0.39, 0.29) is 17.0 Å². The molecule has 7 heteroatoms. The molecular formula is C16H17ClN4O2. The average molecular weight is 333 g/mol. The van der Waals surface area contributed by atoms with Gasteiger partial charge in [-0.3, -0.25) is 14.6 Å². The molecule has 2 heterocycles. The van der Waals surface area contributed by atoms with Crippen molar-refractivity contribution in [3.63, 3.8) is 0 Å². The minimum atomic E-state index is -0.280. The Balaban J connectivity index is 1.70. The number of hydrogen-bond donors (Lipinski definition) is 2. The molecule has 0 fully saturated rings. The van der Waals surface area contributed by atoms with Gasteiger partial charge in [0.1, 0.15) is 5.15 Å². The van der Waals surface area contributed by atoms with Gasteiger partial charge < -0.3 is 10.6 Å². The average Bonchev–Trinajstić information content (AvgIpc) is 2.55. The molecule has 2 rings (SSSR count). The maximum Gasteiger partial charge on any atom is 0.254 e. The van der Waals surface area contributed by atoms with Gasteiger partial charge in [-0.1, -0.05) is 11.6 Å². The minimum Gasteiger partial charge on any atom is -0.352 e. The summed E-state index contributed by atoms with van der Waals surface area (Å²) in [6.07, 6.45) is 3.67. The van der Waals surface area contributed by atoms with Gasteiger partial charge in [-0.25, -0.2) is 4.98 Å². The molecule has 0 bridgehead atoms. The molecule has 23 heavy (non-hydrogen) atoms. The van der Waals surface area contributed by atoms with E-state index < -0.39 is 0 Å². The number of aromatic nitrogens is 2. The lowest BCUT2D eigenvalue weighted by molar-refractivity contribution is 0.0951. The number of nitrogens with one attached hydrogen (secondary N) is 2. The van der Waals surface area contributed by atoms with E-state index in [1.165, 1.54) is 12.4 Å². The molecule has 0 aromatic carbocycles. The molecule has 0 aliphatic heterocycles. The van der Waals surface area contributed by atoms with Gasteiger partial charge in [0.2, 0.25) is 0 Å². The van der Waals surface area contributed by atoms with Crippen LogP contribution in [0.25, 0.3) is 0 Å². The molecule has 0 saturated heterocycles. The molecule has 6 nitrogen and oxygen atoms in total. The number of aryl methyl sites for hydroxylation is 1. The molecular weight excluding hydrogens is 316 g/mol. The Morgan fingerprint density at radius 1 is 1.09 bits per heavy atom. The fraction of sp³-hybridized carbons (Fsp3) is 0.250. The maximum absolute atomic E-state index is 11.9. The summed E-state index contributed by atoms with van der Waals surface area (Å²) in [5.74, 6) is -0.462. The first-order chi connectivity index (χ1) is 11.1. The Kier molecular flexibility index (Phi) is 6.05. The Morgan fingerprint density at radius 2 is 1.83 bits per heavy atom. The lowest BCUT2D eigenvalue weighted by Crippen LogP contribution is -2.30. The molecule has 2 aromatic rings. The van der Waals surface area contributed by atoms with Crippen molar-refractivity contribution in [1.29, 1.82) is 0 Å². The fourth-order valence-corrected chi connectivity index (χ4v) is 2.05. The summed E-state index contributed by atoms with van der Waals surface area (Å²) in [4.78, 5) is 31.7. The standard InChI is InChI=1S/C16H17ClN4O2/c1-11-5-6-12(10-21-11)15(22)19-8-3-9-20-16(23)13-4-2-7-18-14(13)17/h2,4-7,10H,3,8-9H2,1H3,(H,19,22)(H,20,23).